The Morgan fingerprint density at radius 1 is 0.900 bits per heavy atom. The smallest absolute Gasteiger partial charge is 0.164 e. The van der Waals surface area contributed by atoms with Crippen molar-refractivity contribution in [1.29, 1.82) is 0 Å². The minimum Gasteiger partial charge on any atom is -0.490 e. The fourth-order valence-corrected chi connectivity index (χ4v) is 2.09. The Morgan fingerprint density at radius 3 is 2.15 bits per heavy atom. The Morgan fingerprint density at radius 2 is 1.55 bits per heavy atom. The first-order valence-electron chi connectivity index (χ1n) is 8.01. The van der Waals surface area contributed by atoms with Gasteiger partial charge in [-0.1, -0.05) is 58.6 Å². The van der Waals surface area contributed by atoms with Crippen molar-refractivity contribution in [3.8, 4) is 11.5 Å². The van der Waals surface area contributed by atoms with Gasteiger partial charge >= 0.3 is 0 Å². The van der Waals surface area contributed by atoms with Crippen molar-refractivity contribution >= 4 is 0 Å². The highest BCUT2D eigenvalue weighted by atomic mass is 16.5. The fourth-order valence-electron chi connectivity index (χ4n) is 2.09. The molecule has 0 aliphatic heterocycles. The Labute approximate surface area is 124 Å². The van der Waals surface area contributed by atoms with Crippen LogP contribution in [0.5, 0.6) is 11.5 Å². The molecule has 0 N–H and O–H groups in total. The van der Waals surface area contributed by atoms with Gasteiger partial charge in [0.2, 0.25) is 0 Å². The van der Waals surface area contributed by atoms with E-state index in [1.165, 1.54) is 25.7 Å². The molecular weight excluding hydrogens is 248 g/mol. The van der Waals surface area contributed by atoms with E-state index in [0.29, 0.717) is 0 Å². The summed E-state index contributed by atoms with van der Waals surface area (Å²) in [6, 6.07) is 6.12. The van der Waals surface area contributed by atoms with E-state index in [1.807, 2.05) is 19.1 Å². The predicted octanol–water partition coefficient (Wildman–Crippen LogP) is 5.40. The SMILES string of the molecule is C[CH]c1cccc(OCCCCC)c1OCCCCC. The lowest BCUT2D eigenvalue weighted by Gasteiger charge is -2.15. The van der Waals surface area contributed by atoms with Gasteiger partial charge in [-0.25, -0.2) is 0 Å². The van der Waals surface area contributed by atoms with Crippen LogP contribution in [0.4, 0.5) is 0 Å². The maximum absolute atomic E-state index is 5.96. The summed E-state index contributed by atoms with van der Waals surface area (Å²) >= 11 is 0. The molecule has 0 aliphatic carbocycles. The van der Waals surface area contributed by atoms with Crippen molar-refractivity contribution in [3.05, 3.63) is 30.2 Å². The third kappa shape index (κ3) is 5.85. The lowest BCUT2D eigenvalue weighted by atomic mass is 10.1. The van der Waals surface area contributed by atoms with Crippen LogP contribution in [0.3, 0.4) is 0 Å². The van der Waals surface area contributed by atoms with Crippen molar-refractivity contribution in [2.75, 3.05) is 13.2 Å². The molecule has 0 aliphatic rings. The molecule has 1 aromatic rings. The van der Waals surface area contributed by atoms with Crippen LogP contribution in [0, 0.1) is 6.42 Å². The van der Waals surface area contributed by atoms with E-state index in [-0.39, 0.29) is 0 Å². The molecule has 0 bridgehead atoms. The summed E-state index contributed by atoms with van der Waals surface area (Å²) in [6.07, 6.45) is 9.14. The van der Waals surface area contributed by atoms with Gasteiger partial charge in [-0.3, -0.25) is 0 Å². The molecule has 1 rings (SSSR count). The largest absolute Gasteiger partial charge is 0.490 e. The van der Waals surface area contributed by atoms with Crippen molar-refractivity contribution in [2.45, 2.75) is 59.3 Å². The van der Waals surface area contributed by atoms with Crippen LogP contribution in [-0.4, -0.2) is 13.2 Å². The molecule has 0 atom stereocenters. The van der Waals surface area contributed by atoms with Gasteiger partial charge in [0, 0.05) is 5.56 Å². The number of ether oxygens (including phenoxy) is 2. The second kappa shape index (κ2) is 10.6. The van der Waals surface area contributed by atoms with Crippen LogP contribution in [0.1, 0.15) is 64.9 Å². The summed E-state index contributed by atoms with van der Waals surface area (Å²) in [5, 5.41) is 0. The van der Waals surface area contributed by atoms with Crippen LogP contribution in [-0.2, 0) is 0 Å². The van der Waals surface area contributed by atoms with Crippen LogP contribution < -0.4 is 9.47 Å². The standard InChI is InChI=1S/C18H29O2/c1-4-7-9-14-19-17-13-11-12-16(6-3)18(17)20-15-10-8-5-2/h6,11-13H,4-5,7-10,14-15H2,1-3H3. The summed E-state index contributed by atoms with van der Waals surface area (Å²) in [5.74, 6) is 1.79. The van der Waals surface area contributed by atoms with Crippen LogP contribution in [0.2, 0.25) is 0 Å². The van der Waals surface area contributed by atoms with E-state index >= 15 is 0 Å². The zero-order chi connectivity index (χ0) is 14.6. The topological polar surface area (TPSA) is 18.5 Å². The van der Waals surface area contributed by atoms with Gasteiger partial charge in [0.1, 0.15) is 0 Å². The minimum atomic E-state index is 0.768. The molecule has 1 aromatic carbocycles. The number of benzene rings is 1. The molecule has 2 heteroatoms. The fraction of sp³-hybridized carbons (Fsp3) is 0.611. The minimum absolute atomic E-state index is 0.768. The summed E-state index contributed by atoms with van der Waals surface area (Å²) in [7, 11) is 0. The first-order valence-corrected chi connectivity index (χ1v) is 8.01. The molecule has 2 nitrogen and oxygen atoms in total. The summed E-state index contributed by atoms with van der Waals surface area (Å²) in [4.78, 5) is 0. The van der Waals surface area contributed by atoms with Gasteiger partial charge in [0.05, 0.1) is 13.2 Å². The van der Waals surface area contributed by atoms with Crippen molar-refractivity contribution in [1.82, 2.24) is 0 Å². The third-order valence-electron chi connectivity index (χ3n) is 3.32. The van der Waals surface area contributed by atoms with Gasteiger partial charge in [-0.15, -0.1) is 0 Å². The highest BCUT2D eigenvalue weighted by Gasteiger charge is 2.10. The third-order valence-corrected chi connectivity index (χ3v) is 3.32. The average molecular weight is 277 g/mol. The van der Waals surface area contributed by atoms with Gasteiger partial charge in [0.25, 0.3) is 0 Å². The van der Waals surface area contributed by atoms with Crippen molar-refractivity contribution in [2.24, 2.45) is 0 Å². The molecule has 0 unspecified atom stereocenters. The van der Waals surface area contributed by atoms with E-state index < -0.39 is 0 Å². The molecular formula is C18H29O2. The van der Waals surface area contributed by atoms with Gasteiger partial charge in [-0.2, -0.15) is 0 Å². The number of hydrogen-bond donors (Lipinski definition) is 0. The molecule has 0 saturated carbocycles. The van der Waals surface area contributed by atoms with Crippen LogP contribution >= 0.6 is 0 Å². The summed E-state index contributed by atoms with van der Waals surface area (Å²) < 4.78 is 11.9. The van der Waals surface area contributed by atoms with Gasteiger partial charge < -0.3 is 9.47 Å². The number of unbranched alkanes of at least 4 members (excludes halogenated alkanes) is 4. The first kappa shape index (κ1) is 16.9. The average Bonchev–Trinajstić information content (AvgIpc) is 2.48. The molecule has 0 amide bonds. The Hall–Kier alpha value is -1.18. The Balaban J connectivity index is 2.61. The zero-order valence-electron chi connectivity index (χ0n) is 13.3. The van der Waals surface area contributed by atoms with Gasteiger partial charge in [0.15, 0.2) is 11.5 Å². The van der Waals surface area contributed by atoms with E-state index in [0.717, 1.165) is 43.1 Å². The Kier molecular flexibility index (Phi) is 8.93. The highest BCUT2D eigenvalue weighted by Crippen LogP contribution is 2.32. The maximum Gasteiger partial charge on any atom is 0.164 e. The second-order valence-electron chi connectivity index (χ2n) is 5.07. The first-order chi connectivity index (χ1) is 9.83. The molecule has 0 saturated heterocycles. The molecule has 1 radical (unpaired) electrons. The number of hydrogen-bond acceptors (Lipinski definition) is 2. The summed E-state index contributed by atoms with van der Waals surface area (Å²) in [6.45, 7) is 7.98. The monoisotopic (exact) mass is 277 g/mol. The van der Waals surface area contributed by atoms with E-state index in [4.69, 9.17) is 9.47 Å². The van der Waals surface area contributed by atoms with Crippen LogP contribution in [0.25, 0.3) is 0 Å². The molecule has 20 heavy (non-hydrogen) atoms. The van der Waals surface area contributed by atoms with Gasteiger partial charge in [-0.05, 0) is 25.3 Å². The molecule has 0 heterocycles. The lowest BCUT2D eigenvalue weighted by Crippen LogP contribution is -2.04. The van der Waals surface area contributed by atoms with E-state index in [2.05, 4.69) is 26.3 Å². The normalized spacial score (nSPS) is 10.6. The quantitative estimate of drug-likeness (QED) is 0.504. The van der Waals surface area contributed by atoms with Crippen molar-refractivity contribution in [3.63, 3.8) is 0 Å². The molecule has 0 spiro atoms. The van der Waals surface area contributed by atoms with Crippen molar-refractivity contribution < 1.29 is 9.47 Å². The second-order valence-corrected chi connectivity index (χ2v) is 5.07. The van der Waals surface area contributed by atoms with Crippen LogP contribution in [0.15, 0.2) is 18.2 Å². The number of rotatable bonds is 11. The molecule has 113 valence electrons. The lowest BCUT2D eigenvalue weighted by molar-refractivity contribution is 0.258. The highest BCUT2D eigenvalue weighted by molar-refractivity contribution is 5.49. The molecule has 0 aromatic heterocycles. The number of para-hydroxylation sites is 1. The van der Waals surface area contributed by atoms with E-state index in [9.17, 15) is 0 Å². The molecule has 0 fully saturated rings. The maximum atomic E-state index is 5.96. The summed E-state index contributed by atoms with van der Waals surface area (Å²) in [5.41, 5.74) is 1.12. The van der Waals surface area contributed by atoms with E-state index in [1.54, 1.807) is 0 Å². The Bertz CT molecular complexity index is 360. The zero-order valence-corrected chi connectivity index (χ0v) is 13.3. The predicted molar refractivity (Wildman–Crippen MR) is 85.6 cm³/mol.